The van der Waals surface area contributed by atoms with Gasteiger partial charge in [0.25, 0.3) is 5.89 Å². The minimum Gasteiger partial charge on any atom is -0.452 e. The molecular formula is C19H13F3N2O4. The Morgan fingerprint density at radius 2 is 1.86 bits per heavy atom. The Labute approximate surface area is 156 Å². The highest BCUT2D eigenvalue weighted by molar-refractivity contribution is 5.89. The van der Waals surface area contributed by atoms with Crippen LogP contribution >= 0.6 is 0 Å². The molecule has 6 nitrogen and oxygen atoms in total. The fourth-order valence-corrected chi connectivity index (χ4v) is 2.85. The number of ether oxygens (including phenoxy) is 2. The van der Waals surface area contributed by atoms with Gasteiger partial charge in [0.2, 0.25) is 5.89 Å². The van der Waals surface area contributed by atoms with E-state index >= 15 is 0 Å². The predicted octanol–water partition coefficient (Wildman–Crippen LogP) is 4.14. The number of hydrogen-bond acceptors (Lipinski definition) is 6. The van der Waals surface area contributed by atoms with E-state index in [0.717, 1.165) is 17.2 Å². The molecule has 0 radical (unpaired) electrons. The number of alkyl halides is 3. The summed E-state index contributed by atoms with van der Waals surface area (Å²) in [4.78, 5) is 12.2. The van der Waals surface area contributed by atoms with Gasteiger partial charge in [0, 0.05) is 0 Å². The average molecular weight is 390 g/mol. The summed E-state index contributed by atoms with van der Waals surface area (Å²) in [5, 5.41) is 7.29. The van der Waals surface area contributed by atoms with E-state index in [4.69, 9.17) is 13.9 Å². The zero-order valence-electron chi connectivity index (χ0n) is 14.3. The molecule has 0 aliphatic carbocycles. The van der Waals surface area contributed by atoms with Crippen molar-refractivity contribution in [3.8, 4) is 11.5 Å². The molecule has 0 bridgehead atoms. The second-order valence-corrected chi connectivity index (χ2v) is 6.10. The number of benzene rings is 2. The molecule has 0 atom stereocenters. The Hall–Kier alpha value is -3.20. The molecule has 0 amide bonds. The largest absolute Gasteiger partial charge is 0.452 e. The zero-order valence-corrected chi connectivity index (χ0v) is 14.3. The van der Waals surface area contributed by atoms with E-state index in [1.54, 1.807) is 18.2 Å². The van der Waals surface area contributed by atoms with Gasteiger partial charge in [0.15, 0.2) is 6.61 Å². The Morgan fingerprint density at radius 3 is 2.68 bits per heavy atom. The molecule has 1 aromatic heterocycles. The van der Waals surface area contributed by atoms with E-state index in [0.29, 0.717) is 18.8 Å². The van der Waals surface area contributed by atoms with Crippen LogP contribution in [-0.2, 0) is 35.5 Å². The first-order chi connectivity index (χ1) is 13.4. The van der Waals surface area contributed by atoms with Gasteiger partial charge in [-0.1, -0.05) is 18.2 Å². The minimum absolute atomic E-state index is 0.107. The van der Waals surface area contributed by atoms with E-state index in [1.807, 2.05) is 0 Å². The third-order valence-corrected chi connectivity index (χ3v) is 4.21. The van der Waals surface area contributed by atoms with E-state index < -0.39 is 17.7 Å². The zero-order chi connectivity index (χ0) is 19.7. The summed E-state index contributed by atoms with van der Waals surface area (Å²) >= 11 is 0. The van der Waals surface area contributed by atoms with Crippen molar-refractivity contribution < 1.29 is 31.9 Å². The lowest BCUT2D eigenvalue weighted by molar-refractivity contribution is -0.137. The van der Waals surface area contributed by atoms with Gasteiger partial charge in [-0.15, -0.1) is 10.2 Å². The van der Waals surface area contributed by atoms with Crippen LogP contribution in [0, 0.1) is 0 Å². The molecule has 0 fully saturated rings. The number of hydrogen-bond donors (Lipinski definition) is 0. The Morgan fingerprint density at radius 1 is 1.07 bits per heavy atom. The molecule has 0 saturated carbocycles. The van der Waals surface area contributed by atoms with Crippen LogP contribution < -0.4 is 0 Å². The molecule has 4 rings (SSSR count). The van der Waals surface area contributed by atoms with Crippen LogP contribution in [0.4, 0.5) is 13.2 Å². The quantitative estimate of drug-likeness (QED) is 0.624. The fraction of sp³-hybridized carbons (Fsp3) is 0.211. The van der Waals surface area contributed by atoms with Crippen LogP contribution in [-0.4, -0.2) is 16.2 Å². The first-order valence-electron chi connectivity index (χ1n) is 8.27. The highest BCUT2D eigenvalue weighted by atomic mass is 19.4. The summed E-state index contributed by atoms with van der Waals surface area (Å²) in [6.45, 7) is 0.588. The second-order valence-electron chi connectivity index (χ2n) is 6.10. The lowest BCUT2D eigenvalue weighted by Crippen LogP contribution is -2.07. The number of carbonyl (C=O) groups is 1. The van der Waals surface area contributed by atoms with Gasteiger partial charge in [0.1, 0.15) is 0 Å². The summed E-state index contributed by atoms with van der Waals surface area (Å²) in [5.41, 5.74) is 1.15. The van der Waals surface area contributed by atoms with E-state index in [-0.39, 0.29) is 24.0 Å². The van der Waals surface area contributed by atoms with Crippen LogP contribution in [0.3, 0.4) is 0 Å². The summed E-state index contributed by atoms with van der Waals surface area (Å²) in [7, 11) is 0. The fourth-order valence-electron chi connectivity index (χ4n) is 2.85. The van der Waals surface area contributed by atoms with E-state index in [1.165, 1.54) is 18.2 Å². The normalized spacial score (nSPS) is 13.4. The van der Waals surface area contributed by atoms with Crippen molar-refractivity contribution in [1.82, 2.24) is 10.2 Å². The third kappa shape index (κ3) is 3.61. The SMILES string of the molecule is O=C(OCc1nnc(-c2ccccc2C(F)(F)F)o1)c1ccc2c(c1)COC2. The maximum Gasteiger partial charge on any atom is 0.417 e. The van der Waals surface area contributed by atoms with E-state index in [9.17, 15) is 18.0 Å². The molecule has 1 aliphatic rings. The lowest BCUT2D eigenvalue weighted by atomic mass is 10.1. The van der Waals surface area contributed by atoms with Gasteiger partial charge in [-0.05, 0) is 35.4 Å². The second kappa shape index (κ2) is 7.08. The van der Waals surface area contributed by atoms with Gasteiger partial charge < -0.3 is 13.9 Å². The highest BCUT2D eigenvalue weighted by Crippen LogP contribution is 2.36. The predicted molar refractivity (Wildman–Crippen MR) is 88.8 cm³/mol. The van der Waals surface area contributed by atoms with Crippen molar-refractivity contribution in [1.29, 1.82) is 0 Å². The molecule has 2 aromatic carbocycles. The molecule has 0 N–H and O–H groups in total. The summed E-state index contributed by atoms with van der Waals surface area (Å²) < 4.78 is 55.0. The number of carbonyl (C=O) groups excluding carboxylic acids is 1. The van der Waals surface area contributed by atoms with Crippen LogP contribution in [0.15, 0.2) is 46.9 Å². The molecular weight excluding hydrogens is 377 g/mol. The molecule has 0 saturated heterocycles. The summed E-state index contributed by atoms with van der Waals surface area (Å²) in [5.74, 6) is -1.01. The Kier molecular flexibility index (Phi) is 4.60. The molecule has 0 spiro atoms. The van der Waals surface area contributed by atoms with Crippen molar-refractivity contribution in [2.75, 3.05) is 0 Å². The number of rotatable bonds is 4. The van der Waals surface area contributed by atoms with Crippen LogP contribution in [0.5, 0.6) is 0 Å². The number of esters is 1. The molecule has 9 heteroatoms. The third-order valence-electron chi connectivity index (χ3n) is 4.21. The number of nitrogens with zero attached hydrogens (tertiary/aromatic N) is 2. The standard InChI is InChI=1S/C19H13F3N2O4/c20-19(21,22)15-4-2-1-3-14(15)17-24-23-16(28-17)10-27-18(25)11-5-6-12-8-26-9-13(12)7-11/h1-7H,8-10H2. The van der Waals surface area contributed by atoms with Crippen molar-refractivity contribution in [2.45, 2.75) is 26.0 Å². The number of aromatic nitrogens is 2. The first kappa shape index (κ1) is 18.2. The summed E-state index contributed by atoms with van der Waals surface area (Å²) in [6, 6.07) is 9.96. The van der Waals surface area contributed by atoms with Crippen LogP contribution in [0.25, 0.3) is 11.5 Å². The monoisotopic (exact) mass is 390 g/mol. The summed E-state index contributed by atoms with van der Waals surface area (Å²) in [6.07, 6.45) is -4.56. The van der Waals surface area contributed by atoms with Crippen molar-refractivity contribution >= 4 is 5.97 Å². The van der Waals surface area contributed by atoms with Gasteiger partial charge in [0.05, 0.1) is 29.9 Å². The number of fused-ring (bicyclic) bond motifs is 1. The molecule has 1 aliphatic heterocycles. The average Bonchev–Trinajstić information content (AvgIpc) is 3.34. The topological polar surface area (TPSA) is 74.5 Å². The first-order valence-corrected chi connectivity index (χ1v) is 8.27. The molecule has 0 unspecified atom stereocenters. The van der Waals surface area contributed by atoms with Crippen molar-refractivity contribution in [2.24, 2.45) is 0 Å². The highest BCUT2D eigenvalue weighted by Gasteiger charge is 2.34. The van der Waals surface area contributed by atoms with Gasteiger partial charge in [-0.2, -0.15) is 13.2 Å². The molecule has 2 heterocycles. The smallest absolute Gasteiger partial charge is 0.417 e. The molecule has 3 aromatic rings. The molecule has 28 heavy (non-hydrogen) atoms. The Bertz CT molecular complexity index is 1030. The maximum absolute atomic E-state index is 13.1. The lowest BCUT2D eigenvalue weighted by Gasteiger charge is -2.09. The van der Waals surface area contributed by atoms with E-state index in [2.05, 4.69) is 10.2 Å². The van der Waals surface area contributed by atoms with Crippen molar-refractivity contribution in [3.05, 3.63) is 70.6 Å². The van der Waals surface area contributed by atoms with Crippen LogP contribution in [0.1, 0.15) is 32.9 Å². The van der Waals surface area contributed by atoms with Crippen molar-refractivity contribution in [3.63, 3.8) is 0 Å². The van der Waals surface area contributed by atoms with Gasteiger partial charge in [-0.3, -0.25) is 0 Å². The molecule has 144 valence electrons. The number of halogens is 3. The van der Waals surface area contributed by atoms with Gasteiger partial charge in [-0.25, -0.2) is 4.79 Å². The Balaban J connectivity index is 1.47. The minimum atomic E-state index is -4.56. The maximum atomic E-state index is 13.1. The van der Waals surface area contributed by atoms with Gasteiger partial charge >= 0.3 is 12.1 Å². The van der Waals surface area contributed by atoms with Crippen LogP contribution in [0.2, 0.25) is 0 Å².